The summed E-state index contributed by atoms with van der Waals surface area (Å²) >= 11 is 0. The van der Waals surface area contributed by atoms with E-state index in [-0.39, 0.29) is 0 Å². The van der Waals surface area contributed by atoms with Gasteiger partial charge in [0.15, 0.2) is 0 Å². The highest BCUT2D eigenvalue weighted by atomic mass is 31.2. The van der Waals surface area contributed by atoms with Gasteiger partial charge < -0.3 is 4.52 Å². The van der Waals surface area contributed by atoms with Gasteiger partial charge in [0.2, 0.25) is 0 Å². The van der Waals surface area contributed by atoms with Crippen LogP contribution in [0.2, 0.25) is 0 Å². The summed E-state index contributed by atoms with van der Waals surface area (Å²) in [5, 5.41) is 0.918. The molecule has 128 valence electrons. The highest BCUT2D eigenvalue weighted by Crippen LogP contribution is 2.57. The summed E-state index contributed by atoms with van der Waals surface area (Å²) in [6.07, 6.45) is 0. The van der Waals surface area contributed by atoms with E-state index in [0.717, 1.165) is 33.3 Å². The molecule has 3 rings (SSSR count). The minimum atomic E-state index is -2.90. The van der Waals surface area contributed by atoms with Crippen molar-refractivity contribution in [3.8, 4) is 16.9 Å². The SMILES string of the molecule is Cc1c(C)c(C)c2c(c1C)OP(C)(=O)c1c(C)c(C)c(C)c(C)c1-2. The summed E-state index contributed by atoms with van der Waals surface area (Å²) in [5.41, 5.74) is 12.0. The van der Waals surface area contributed by atoms with E-state index < -0.39 is 7.37 Å². The molecule has 2 aromatic carbocycles. The monoisotopic (exact) mass is 342 g/mol. The van der Waals surface area contributed by atoms with Crippen molar-refractivity contribution < 1.29 is 9.09 Å². The van der Waals surface area contributed by atoms with Crippen LogP contribution >= 0.6 is 7.37 Å². The average molecular weight is 342 g/mol. The minimum Gasteiger partial charge on any atom is -0.439 e. The first-order valence-electron chi connectivity index (χ1n) is 8.49. The van der Waals surface area contributed by atoms with Gasteiger partial charge in [0.05, 0.1) is 5.30 Å². The van der Waals surface area contributed by atoms with E-state index in [1.54, 1.807) is 6.66 Å². The van der Waals surface area contributed by atoms with Crippen molar-refractivity contribution >= 4 is 12.7 Å². The van der Waals surface area contributed by atoms with Gasteiger partial charge in [-0.25, -0.2) is 0 Å². The third-order valence-corrected chi connectivity index (χ3v) is 8.11. The molecule has 0 aromatic heterocycles. The van der Waals surface area contributed by atoms with Crippen molar-refractivity contribution in [2.45, 2.75) is 55.4 Å². The minimum absolute atomic E-state index is 0.819. The van der Waals surface area contributed by atoms with Gasteiger partial charge in [-0.1, -0.05) is 0 Å². The quantitative estimate of drug-likeness (QED) is 0.570. The van der Waals surface area contributed by atoms with Crippen LogP contribution in [-0.2, 0) is 4.57 Å². The maximum absolute atomic E-state index is 13.5. The van der Waals surface area contributed by atoms with Crippen molar-refractivity contribution in [1.29, 1.82) is 0 Å². The fraction of sp³-hybridized carbons (Fsp3) is 0.429. The van der Waals surface area contributed by atoms with Crippen LogP contribution in [0.3, 0.4) is 0 Å². The van der Waals surface area contributed by atoms with Crippen molar-refractivity contribution in [1.82, 2.24) is 0 Å². The zero-order chi connectivity index (χ0) is 18.1. The molecule has 1 heterocycles. The summed E-state index contributed by atoms with van der Waals surface area (Å²) in [4.78, 5) is 0. The van der Waals surface area contributed by atoms with Crippen LogP contribution in [0.1, 0.15) is 44.5 Å². The zero-order valence-electron chi connectivity index (χ0n) is 16.3. The third kappa shape index (κ3) is 2.05. The number of rotatable bonds is 0. The molecule has 0 saturated carbocycles. The number of fused-ring (bicyclic) bond motifs is 3. The lowest BCUT2D eigenvalue weighted by Crippen LogP contribution is -2.24. The van der Waals surface area contributed by atoms with Crippen molar-refractivity contribution in [2.75, 3.05) is 6.66 Å². The summed E-state index contributed by atoms with van der Waals surface area (Å²) < 4.78 is 19.7. The predicted octanol–water partition coefficient (Wildman–Crippen LogP) is 5.75. The number of hydrogen-bond donors (Lipinski definition) is 0. The molecule has 3 heteroatoms. The molecule has 1 atom stereocenters. The molecule has 2 nitrogen and oxygen atoms in total. The largest absolute Gasteiger partial charge is 0.439 e. The molecule has 1 aliphatic rings. The van der Waals surface area contributed by atoms with Gasteiger partial charge in [-0.3, -0.25) is 4.57 Å². The van der Waals surface area contributed by atoms with E-state index in [4.69, 9.17) is 4.52 Å². The first-order chi connectivity index (χ1) is 11.0. The first kappa shape index (κ1) is 17.3. The molecular formula is C21H27O2P. The van der Waals surface area contributed by atoms with Crippen LogP contribution in [0.25, 0.3) is 11.1 Å². The Morgan fingerprint density at radius 2 is 1.00 bits per heavy atom. The standard InChI is InChI=1S/C21H27O2P/c1-10-12(3)16(7)20-18(14(10)5)19-15(6)11(2)13(4)17(8)21(19)24(9,22)23-20/h1-9H3. The molecule has 0 amide bonds. The fourth-order valence-corrected chi connectivity index (χ4v) is 6.15. The molecule has 0 bridgehead atoms. The maximum Gasteiger partial charge on any atom is 0.275 e. The molecule has 24 heavy (non-hydrogen) atoms. The lowest BCUT2D eigenvalue weighted by molar-refractivity contribution is 0.494. The van der Waals surface area contributed by atoms with Gasteiger partial charge in [0.25, 0.3) is 7.37 Å². The number of benzene rings is 2. The zero-order valence-corrected chi connectivity index (χ0v) is 17.2. The molecule has 0 radical (unpaired) electrons. The molecule has 1 unspecified atom stereocenters. The van der Waals surface area contributed by atoms with Crippen LogP contribution in [0.5, 0.6) is 5.75 Å². The highest BCUT2D eigenvalue weighted by Gasteiger charge is 2.38. The van der Waals surface area contributed by atoms with Crippen LogP contribution in [0.4, 0.5) is 0 Å². The summed E-state index contributed by atoms with van der Waals surface area (Å²) in [7, 11) is -2.90. The Morgan fingerprint density at radius 3 is 1.54 bits per heavy atom. The molecule has 0 saturated heterocycles. The van der Waals surface area contributed by atoms with Gasteiger partial charge in [0, 0.05) is 17.8 Å². The molecule has 0 spiro atoms. The highest BCUT2D eigenvalue weighted by molar-refractivity contribution is 7.67. The Balaban J connectivity index is 2.62. The Bertz CT molecular complexity index is 952. The second kappa shape index (κ2) is 5.23. The van der Waals surface area contributed by atoms with Crippen molar-refractivity contribution in [2.24, 2.45) is 0 Å². The van der Waals surface area contributed by atoms with Crippen LogP contribution in [0, 0.1) is 55.4 Å². The second-order valence-corrected chi connectivity index (χ2v) is 9.69. The van der Waals surface area contributed by atoms with Gasteiger partial charge >= 0.3 is 0 Å². The van der Waals surface area contributed by atoms with E-state index in [9.17, 15) is 4.57 Å². The van der Waals surface area contributed by atoms with Gasteiger partial charge in [0.1, 0.15) is 5.75 Å². The fourth-order valence-electron chi connectivity index (χ4n) is 4.02. The van der Waals surface area contributed by atoms with Gasteiger partial charge in [-0.2, -0.15) is 0 Å². The van der Waals surface area contributed by atoms with E-state index in [1.807, 2.05) is 0 Å². The van der Waals surface area contributed by atoms with Crippen LogP contribution in [0.15, 0.2) is 0 Å². The van der Waals surface area contributed by atoms with E-state index in [1.165, 1.54) is 33.4 Å². The molecule has 0 fully saturated rings. The lowest BCUT2D eigenvalue weighted by atomic mass is 9.84. The molecular weight excluding hydrogens is 315 g/mol. The average Bonchev–Trinajstić information content (AvgIpc) is 2.52. The van der Waals surface area contributed by atoms with Crippen molar-refractivity contribution in [3.63, 3.8) is 0 Å². The van der Waals surface area contributed by atoms with E-state index in [2.05, 4.69) is 55.4 Å². The van der Waals surface area contributed by atoms with Gasteiger partial charge in [-0.05, 0) is 99.9 Å². The maximum atomic E-state index is 13.5. The van der Waals surface area contributed by atoms with Crippen molar-refractivity contribution in [3.05, 3.63) is 44.5 Å². The molecule has 0 N–H and O–H groups in total. The summed E-state index contributed by atoms with van der Waals surface area (Å²) in [5.74, 6) is 0.819. The topological polar surface area (TPSA) is 26.3 Å². The Hall–Kier alpha value is -1.53. The smallest absolute Gasteiger partial charge is 0.275 e. The normalized spacial score (nSPS) is 18.9. The predicted molar refractivity (Wildman–Crippen MR) is 104 cm³/mol. The van der Waals surface area contributed by atoms with Crippen LogP contribution in [-0.4, -0.2) is 6.66 Å². The molecule has 1 aliphatic heterocycles. The third-order valence-electron chi connectivity index (χ3n) is 6.21. The Kier molecular flexibility index (Phi) is 3.77. The molecule has 2 aromatic rings. The van der Waals surface area contributed by atoms with Crippen LogP contribution < -0.4 is 9.83 Å². The second-order valence-electron chi connectivity index (χ2n) is 7.36. The summed E-state index contributed by atoms with van der Waals surface area (Å²) in [6, 6.07) is 0. The lowest BCUT2D eigenvalue weighted by Gasteiger charge is -2.34. The summed E-state index contributed by atoms with van der Waals surface area (Å²) in [6.45, 7) is 18.8. The number of hydrogen-bond acceptors (Lipinski definition) is 2. The Morgan fingerprint density at radius 1 is 0.583 bits per heavy atom. The molecule has 0 aliphatic carbocycles. The Labute approximate surface area is 145 Å². The first-order valence-corrected chi connectivity index (χ1v) is 10.6. The van der Waals surface area contributed by atoms with E-state index >= 15 is 0 Å². The van der Waals surface area contributed by atoms with E-state index in [0.29, 0.717) is 0 Å². The van der Waals surface area contributed by atoms with Gasteiger partial charge in [-0.15, -0.1) is 0 Å².